The first-order valence-corrected chi connectivity index (χ1v) is 27.6. The molecule has 3 aliphatic heterocycles. The van der Waals surface area contributed by atoms with Gasteiger partial charge in [0.05, 0.1) is 6.17 Å². The van der Waals surface area contributed by atoms with E-state index in [9.17, 15) is 0 Å². The maximum absolute atomic E-state index is 4.60. The molecular formula is C54H89N3. The van der Waals surface area contributed by atoms with Crippen molar-refractivity contribution < 1.29 is 0 Å². The Morgan fingerprint density at radius 2 is 0.772 bits per heavy atom. The molecule has 0 radical (unpaired) electrons. The van der Waals surface area contributed by atoms with E-state index >= 15 is 0 Å². The zero-order valence-corrected chi connectivity index (χ0v) is 37.0. The predicted molar refractivity (Wildman–Crippen MR) is 236 cm³/mol. The molecule has 9 aliphatic carbocycles. The molecule has 3 nitrogen and oxygen atoms in total. The minimum absolute atomic E-state index is 0.696. The van der Waals surface area contributed by atoms with Gasteiger partial charge >= 0.3 is 0 Å². The maximum Gasteiger partial charge on any atom is 0.0607 e. The van der Waals surface area contributed by atoms with Crippen LogP contribution in [0.1, 0.15) is 218 Å². The molecular weight excluding hydrogens is 691 g/mol. The van der Waals surface area contributed by atoms with Crippen molar-refractivity contribution in [2.24, 2.45) is 76.9 Å². The molecule has 18 atom stereocenters. The average Bonchev–Trinajstić information content (AvgIpc) is 3.94. The summed E-state index contributed by atoms with van der Waals surface area (Å²) >= 11 is 0. The van der Waals surface area contributed by atoms with Crippen LogP contribution < -0.4 is 5.32 Å². The standard InChI is InChI=1S/C54H89N3/c1-3-13-35(14-4-1)41-32-49(36-15-5-2-6-16-36)55-54(33-41)57-51-22-12-10-20-45(51)48-31-38(25-28-53(48)57)37-24-27-52-47(30-37)44-19-9-11-21-50(44)56(52)42-26-23-40-29-39-17-7-8-18-43(39)46(40)34-42/h35-55H,1-34H2. The number of nitrogens with zero attached hydrogens (tertiary/aromatic N) is 2. The van der Waals surface area contributed by atoms with Crippen molar-refractivity contribution in [1.29, 1.82) is 0 Å². The van der Waals surface area contributed by atoms with Gasteiger partial charge in [0.1, 0.15) is 0 Å². The van der Waals surface area contributed by atoms with Gasteiger partial charge in [0, 0.05) is 36.3 Å². The number of piperidine rings is 1. The second-order valence-electron chi connectivity index (χ2n) is 24.7. The number of nitrogens with one attached hydrogen (secondary N) is 1. The normalized spacial score (nSPS) is 52.6. The van der Waals surface area contributed by atoms with Crippen LogP contribution in [0.5, 0.6) is 0 Å². The molecule has 320 valence electrons. The lowest BCUT2D eigenvalue weighted by molar-refractivity contribution is -0.00968. The van der Waals surface area contributed by atoms with Crippen LogP contribution in [-0.4, -0.2) is 52.2 Å². The van der Waals surface area contributed by atoms with Crippen molar-refractivity contribution in [2.75, 3.05) is 0 Å². The van der Waals surface area contributed by atoms with Crippen LogP contribution in [0.25, 0.3) is 0 Å². The second kappa shape index (κ2) is 16.5. The molecule has 0 aromatic carbocycles. The third kappa shape index (κ3) is 7.03. The molecule has 12 rings (SSSR count). The fourth-order valence-electron chi connectivity index (χ4n) is 20.4. The molecule has 3 heterocycles. The summed E-state index contributed by atoms with van der Waals surface area (Å²) in [5.41, 5.74) is 0. The fourth-order valence-corrected chi connectivity index (χ4v) is 20.4. The van der Waals surface area contributed by atoms with Gasteiger partial charge in [0.25, 0.3) is 0 Å². The number of hydrogen-bond donors (Lipinski definition) is 1. The quantitative estimate of drug-likeness (QED) is 0.300. The van der Waals surface area contributed by atoms with Crippen molar-refractivity contribution in [2.45, 2.75) is 261 Å². The Labute approximate surface area is 351 Å². The number of fused-ring (bicyclic) bond motifs is 9. The van der Waals surface area contributed by atoms with E-state index in [-0.39, 0.29) is 0 Å². The largest absolute Gasteiger partial charge is 0.299 e. The minimum atomic E-state index is 0.696. The van der Waals surface area contributed by atoms with E-state index in [2.05, 4.69) is 15.1 Å². The first kappa shape index (κ1) is 38.5. The maximum atomic E-state index is 4.60. The SMILES string of the molecule is C1CCC(C2CC(C3CCCCC3)NC(N3C4CCCCC4C4CC(C5CCC6C(C5)C5CCCCC5N6C5CCC6CC7CCCCC7C6C5)CCC43)C2)CC1. The Hall–Kier alpha value is -0.120. The minimum Gasteiger partial charge on any atom is -0.299 e. The molecule has 3 saturated heterocycles. The first-order chi connectivity index (χ1) is 28.2. The molecule has 57 heavy (non-hydrogen) atoms. The van der Waals surface area contributed by atoms with Gasteiger partial charge in [0.2, 0.25) is 0 Å². The highest BCUT2D eigenvalue weighted by atomic mass is 15.3. The predicted octanol–water partition coefficient (Wildman–Crippen LogP) is 13.2. The molecule has 12 fully saturated rings. The smallest absolute Gasteiger partial charge is 0.0607 e. The molecule has 18 unspecified atom stereocenters. The summed E-state index contributed by atoms with van der Waals surface area (Å²) in [5.74, 6) is 13.7. The van der Waals surface area contributed by atoms with Crippen LogP contribution in [0.15, 0.2) is 0 Å². The Kier molecular flexibility index (Phi) is 11.2. The van der Waals surface area contributed by atoms with Gasteiger partial charge in [-0.1, -0.05) is 96.3 Å². The Bertz CT molecular complexity index is 1320. The van der Waals surface area contributed by atoms with Crippen LogP contribution in [0.3, 0.4) is 0 Å². The van der Waals surface area contributed by atoms with E-state index in [1.165, 1.54) is 89.9 Å². The van der Waals surface area contributed by atoms with Crippen LogP contribution >= 0.6 is 0 Å². The lowest BCUT2D eigenvalue weighted by Gasteiger charge is -2.51. The topological polar surface area (TPSA) is 18.5 Å². The molecule has 0 aromatic heterocycles. The van der Waals surface area contributed by atoms with Crippen molar-refractivity contribution in [3.05, 3.63) is 0 Å². The van der Waals surface area contributed by atoms with Gasteiger partial charge < -0.3 is 0 Å². The lowest BCUT2D eigenvalue weighted by Crippen LogP contribution is -2.61. The Morgan fingerprint density at radius 1 is 0.263 bits per heavy atom. The van der Waals surface area contributed by atoms with Crippen molar-refractivity contribution >= 4 is 0 Å². The third-order valence-electron chi connectivity index (χ3n) is 22.6. The molecule has 1 N–H and O–H groups in total. The van der Waals surface area contributed by atoms with Gasteiger partial charge in [-0.2, -0.15) is 0 Å². The van der Waals surface area contributed by atoms with E-state index in [0.29, 0.717) is 6.17 Å². The highest BCUT2D eigenvalue weighted by Crippen LogP contribution is 2.60. The summed E-state index contributed by atoms with van der Waals surface area (Å²) in [7, 11) is 0. The number of hydrogen-bond acceptors (Lipinski definition) is 3. The zero-order valence-electron chi connectivity index (χ0n) is 37.0. The molecule has 12 aliphatic rings. The highest BCUT2D eigenvalue weighted by Gasteiger charge is 2.58. The molecule has 0 spiro atoms. The number of likely N-dealkylation sites (tertiary alicyclic amines) is 2. The van der Waals surface area contributed by atoms with Gasteiger partial charge in [-0.15, -0.1) is 0 Å². The first-order valence-electron chi connectivity index (χ1n) is 27.6. The average molecular weight is 780 g/mol. The van der Waals surface area contributed by atoms with Gasteiger partial charge in [0.15, 0.2) is 0 Å². The second-order valence-corrected chi connectivity index (χ2v) is 24.7. The molecule has 3 heteroatoms. The summed E-state index contributed by atoms with van der Waals surface area (Å²) in [4.78, 5) is 6.72. The summed E-state index contributed by atoms with van der Waals surface area (Å²) < 4.78 is 0. The summed E-state index contributed by atoms with van der Waals surface area (Å²) in [6.07, 6.45) is 53.6. The van der Waals surface area contributed by atoms with Crippen LogP contribution in [-0.2, 0) is 0 Å². The Morgan fingerprint density at radius 3 is 1.47 bits per heavy atom. The summed E-state index contributed by atoms with van der Waals surface area (Å²) in [5, 5.41) is 4.60. The molecule has 9 saturated carbocycles. The van der Waals surface area contributed by atoms with Gasteiger partial charge in [-0.3, -0.25) is 15.1 Å². The van der Waals surface area contributed by atoms with E-state index in [4.69, 9.17) is 0 Å². The lowest BCUT2D eigenvalue weighted by atomic mass is 9.62. The molecule has 0 bridgehead atoms. The highest BCUT2D eigenvalue weighted by molar-refractivity contribution is 5.11. The van der Waals surface area contributed by atoms with E-state index in [1.54, 1.807) is 128 Å². The van der Waals surface area contributed by atoms with E-state index in [0.717, 1.165) is 113 Å². The molecule has 0 aromatic rings. The molecule has 0 amide bonds. The fraction of sp³-hybridized carbons (Fsp3) is 1.00. The van der Waals surface area contributed by atoms with Crippen molar-refractivity contribution in [3.8, 4) is 0 Å². The monoisotopic (exact) mass is 780 g/mol. The third-order valence-corrected chi connectivity index (χ3v) is 22.6. The van der Waals surface area contributed by atoms with Crippen LogP contribution in [0.2, 0.25) is 0 Å². The van der Waals surface area contributed by atoms with Crippen molar-refractivity contribution in [3.63, 3.8) is 0 Å². The number of rotatable bonds is 5. The van der Waals surface area contributed by atoms with E-state index < -0.39 is 0 Å². The van der Waals surface area contributed by atoms with Gasteiger partial charge in [-0.25, -0.2) is 0 Å². The van der Waals surface area contributed by atoms with E-state index in [1.807, 2.05) is 0 Å². The van der Waals surface area contributed by atoms with Gasteiger partial charge in [-0.05, 0) is 199 Å². The Balaban J connectivity index is 0.750. The van der Waals surface area contributed by atoms with Crippen LogP contribution in [0, 0.1) is 76.9 Å². The van der Waals surface area contributed by atoms with Crippen LogP contribution in [0.4, 0.5) is 0 Å². The summed E-state index contributed by atoms with van der Waals surface area (Å²) in [6.45, 7) is 0. The summed E-state index contributed by atoms with van der Waals surface area (Å²) in [6, 6.07) is 5.51. The van der Waals surface area contributed by atoms with Crippen molar-refractivity contribution in [1.82, 2.24) is 15.1 Å². The zero-order chi connectivity index (χ0) is 37.5.